The van der Waals surface area contributed by atoms with Crippen LogP contribution < -0.4 is 11.3 Å². The zero-order valence-electron chi connectivity index (χ0n) is 9.21. The van der Waals surface area contributed by atoms with Crippen LogP contribution in [0, 0.1) is 5.82 Å². The van der Waals surface area contributed by atoms with Crippen LogP contribution in [0.1, 0.15) is 11.6 Å². The third-order valence-corrected chi connectivity index (χ3v) is 2.57. The van der Waals surface area contributed by atoms with E-state index in [2.05, 4.69) is 0 Å². The van der Waals surface area contributed by atoms with Crippen molar-refractivity contribution in [2.45, 2.75) is 12.6 Å². The maximum atomic E-state index is 13.0. The Morgan fingerprint density at radius 2 is 2.06 bits per heavy atom. The number of nitrogens with two attached hydrogens (primary N) is 1. The Morgan fingerprint density at radius 3 is 2.76 bits per heavy atom. The lowest BCUT2D eigenvalue weighted by Crippen LogP contribution is -2.25. The molecule has 0 fully saturated rings. The lowest BCUT2D eigenvalue weighted by Gasteiger charge is -2.13. The van der Waals surface area contributed by atoms with Gasteiger partial charge in [-0.3, -0.25) is 4.79 Å². The van der Waals surface area contributed by atoms with E-state index < -0.39 is 6.04 Å². The topological polar surface area (TPSA) is 48.0 Å². The third-order valence-electron chi connectivity index (χ3n) is 2.57. The van der Waals surface area contributed by atoms with Gasteiger partial charge in [0.1, 0.15) is 5.82 Å². The predicted molar refractivity (Wildman–Crippen MR) is 64.0 cm³/mol. The quantitative estimate of drug-likeness (QED) is 0.875. The molecule has 0 aliphatic heterocycles. The second-order valence-corrected chi connectivity index (χ2v) is 3.85. The first-order valence-corrected chi connectivity index (χ1v) is 5.33. The molecule has 3 nitrogen and oxygen atoms in total. The zero-order valence-corrected chi connectivity index (χ0v) is 9.21. The molecule has 1 unspecified atom stereocenters. The summed E-state index contributed by atoms with van der Waals surface area (Å²) >= 11 is 0. The number of rotatable bonds is 3. The molecule has 0 aliphatic carbocycles. The van der Waals surface area contributed by atoms with Crippen molar-refractivity contribution in [2.75, 3.05) is 0 Å². The second kappa shape index (κ2) is 4.93. The summed E-state index contributed by atoms with van der Waals surface area (Å²) in [6.45, 7) is 0.336. The van der Waals surface area contributed by atoms with Gasteiger partial charge in [0.25, 0.3) is 5.56 Å². The van der Waals surface area contributed by atoms with Gasteiger partial charge in [0.2, 0.25) is 0 Å². The molecule has 17 heavy (non-hydrogen) atoms. The van der Waals surface area contributed by atoms with Crippen LogP contribution in [0.3, 0.4) is 0 Å². The molecular formula is C13H13FN2O. The van der Waals surface area contributed by atoms with Crippen molar-refractivity contribution in [2.24, 2.45) is 5.73 Å². The average Bonchev–Trinajstić information content (AvgIpc) is 2.32. The van der Waals surface area contributed by atoms with Gasteiger partial charge in [-0.1, -0.05) is 18.2 Å². The van der Waals surface area contributed by atoms with E-state index in [1.165, 1.54) is 22.8 Å². The molecule has 1 aromatic carbocycles. The van der Waals surface area contributed by atoms with Gasteiger partial charge >= 0.3 is 0 Å². The van der Waals surface area contributed by atoms with E-state index in [0.29, 0.717) is 12.1 Å². The lowest BCUT2D eigenvalue weighted by atomic mass is 10.1. The molecule has 2 rings (SSSR count). The summed E-state index contributed by atoms with van der Waals surface area (Å²) in [5.74, 6) is -0.321. The number of pyridine rings is 1. The average molecular weight is 232 g/mol. The molecule has 0 aliphatic rings. The molecule has 1 aromatic heterocycles. The van der Waals surface area contributed by atoms with Gasteiger partial charge in [-0.15, -0.1) is 0 Å². The molecule has 0 spiro atoms. The summed E-state index contributed by atoms with van der Waals surface area (Å²) in [6, 6.07) is 10.6. The second-order valence-electron chi connectivity index (χ2n) is 3.85. The Kier molecular flexibility index (Phi) is 3.35. The standard InChI is InChI=1S/C13H13FN2O/c14-11-5-3-4-10(8-11)12(15)9-16-7-2-1-6-13(16)17/h1-8,12H,9,15H2. The van der Waals surface area contributed by atoms with E-state index in [0.717, 1.165) is 0 Å². The van der Waals surface area contributed by atoms with Crippen molar-refractivity contribution in [3.63, 3.8) is 0 Å². The van der Waals surface area contributed by atoms with Crippen molar-refractivity contribution in [1.82, 2.24) is 4.57 Å². The summed E-state index contributed by atoms with van der Waals surface area (Å²) in [6.07, 6.45) is 1.67. The fraction of sp³-hybridized carbons (Fsp3) is 0.154. The van der Waals surface area contributed by atoms with Crippen LogP contribution >= 0.6 is 0 Å². The van der Waals surface area contributed by atoms with Gasteiger partial charge in [-0.05, 0) is 23.8 Å². The molecule has 2 aromatic rings. The van der Waals surface area contributed by atoms with Crippen molar-refractivity contribution >= 4 is 0 Å². The minimum Gasteiger partial charge on any atom is -0.322 e. The van der Waals surface area contributed by atoms with Crippen LogP contribution in [0.5, 0.6) is 0 Å². The van der Waals surface area contributed by atoms with E-state index in [4.69, 9.17) is 5.73 Å². The van der Waals surface area contributed by atoms with Gasteiger partial charge in [0, 0.05) is 24.8 Å². The monoisotopic (exact) mass is 232 g/mol. The van der Waals surface area contributed by atoms with E-state index in [1.54, 1.807) is 30.5 Å². The Bertz CT molecular complexity index is 565. The molecule has 88 valence electrons. The van der Waals surface area contributed by atoms with Crippen LogP contribution in [0.2, 0.25) is 0 Å². The molecule has 0 amide bonds. The van der Waals surface area contributed by atoms with E-state index in [1.807, 2.05) is 0 Å². The molecule has 4 heteroatoms. The zero-order chi connectivity index (χ0) is 12.3. The van der Waals surface area contributed by atoms with Gasteiger partial charge in [0.05, 0.1) is 0 Å². The highest BCUT2D eigenvalue weighted by Crippen LogP contribution is 2.12. The van der Waals surface area contributed by atoms with Crippen LogP contribution in [0.4, 0.5) is 4.39 Å². The first kappa shape index (κ1) is 11.5. The normalized spacial score (nSPS) is 12.4. The first-order valence-electron chi connectivity index (χ1n) is 5.33. The van der Waals surface area contributed by atoms with Crippen molar-refractivity contribution in [1.29, 1.82) is 0 Å². The maximum absolute atomic E-state index is 13.0. The Balaban J connectivity index is 2.20. The van der Waals surface area contributed by atoms with E-state index in [-0.39, 0.29) is 11.4 Å². The van der Waals surface area contributed by atoms with Crippen LogP contribution in [0.25, 0.3) is 0 Å². The molecule has 0 saturated heterocycles. The Hall–Kier alpha value is -1.94. The van der Waals surface area contributed by atoms with Gasteiger partial charge in [-0.25, -0.2) is 4.39 Å². The summed E-state index contributed by atoms with van der Waals surface area (Å²) in [4.78, 5) is 11.5. The van der Waals surface area contributed by atoms with Crippen LogP contribution in [0.15, 0.2) is 53.5 Å². The van der Waals surface area contributed by atoms with Crippen LogP contribution in [-0.2, 0) is 6.54 Å². The van der Waals surface area contributed by atoms with Gasteiger partial charge < -0.3 is 10.3 Å². The number of hydrogen-bond acceptors (Lipinski definition) is 2. The maximum Gasteiger partial charge on any atom is 0.250 e. The Labute approximate surface area is 98.3 Å². The Morgan fingerprint density at radius 1 is 1.24 bits per heavy atom. The van der Waals surface area contributed by atoms with Gasteiger partial charge in [0.15, 0.2) is 0 Å². The molecule has 0 bridgehead atoms. The fourth-order valence-corrected chi connectivity index (χ4v) is 1.67. The third kappa shape index (κ3) is 2.79. The molecule has 1 heterocycles. The molecule has 2 N–H and O–H groups in total. The van der Waals surface area contributed by atoms with Crippen LogP contribution in [-0.4, -0.2) is 4.57 Å². The SMILES string of the molecule is NC(Cn1ccccc1=O)c1cccc(F)c1. The molecular weight excluding hydrogens is 219 g/mol. The number of nitrogens with zero attached hydrogens (tertiary/aromatic N) is 1. The minimum absolute atomic E-state index is 0.112. The molecule has 0 saturated carbocycles. The highest BCUT2D eigenvalue weighted by atomic mass is 19.1. The van der Waals surface area contributed by atoms with Crippen molar-refractivity contribution < 1.29 is 4.39 Å². The highest BCUT2D eigenvalue weighted by Gasteiger charge is 2.08. The summed E-state index contributed by atoms with van der Waals surface area (Å²) in [5.41, 5.74) is 6.51. The van der Waals surface area contributed by atoms with Gasteiger partial charge in [-0.2, -0.15) is 0 Å². The smallest absolute Gasteiger partial charge is 0.250 e. The first-order chi connectivity index (χ1) is 8.16. The summed E-state index contributed by atoms with van der Waals surface area (Å²) in [5, 5.41) is 0. The number of halogens is 1. The number of aromatic nitrogens is 1. The molecule has 1 atom stereocenters. The largest absolute Gasteiger partial charge is 0.322 e. The van der Waals surface area contributed by atoms with E-state index >= 15 is 0 Å². The number of benzene rings is 1. The van der Waals surface area contributed by atoms with Crippen molar-refractivity contribution in [3.8, 4) is 0 Å². The summed E-state index contributed by atoms with van der Waals surface area (Å²) in [7, 11) is 0. The minimum atomic E-state index is -0.397. The predicted octanol–water partition coefficient (Wildman–Crippen LogP) is 1.69. The summed E-state index contributed by atoms with van der Waals surface area (Å²) < 4.78 is 14.5. The molecule has 0 radical (unpaired) electrons. The fourth-order valence-electron chi connectivity index (χ4n) is 1.67. The van der Waals surface area contributed by atoms with Crippen molar-refractivity contribution in [3.05, 3.63) is 70.4 Å². The van der Waals surface area contributed by atoms with E-state index in [9.17, 15) is 9.18 Å². The lowest BCUT2D eigenvalue weighted by molar-refractivity contribution is 0.555. The highest BCUT2D eigenvalue weighted by molar-refractivity contribution is 5.19. The number of hydrogen-bond donors (Lipinski definition) is 1.